The van der Waals surface area contributed by atoms with Gasteiger partial charge in [0.05, 0.1) is 5.69 Å². The van der Waals surface area contributed by atoms with Crippen molar-refractivity contribution in [3.63, 3.8) is 0 Å². The molecule has 1 rings (SSSR count). The number of nitrogens with zero attached hydrogens (tertiary/aromatic N) is 3. The standard InChI is InChI=1S/C9H13N5S2/c1-11-9(13-7-10)12-3-5-15-6-8-2-4-16-14-8/h2,4H,3,5-6H2,1H3,(H2,11,12,13). The number of rotatable bonds is 5. The summed E-state index contributed by atoms with van der Waals surface area (Å²) in [4.78, 5) is 3.88. The monoisotopic (exact) mass is 255 g/mol. The molecule has 86 valence electrons. The van der Waals surface area contributed by atoms with Gasteiger partial charge in [-0.15, -0.1) is 0 Å². The average Bonchev–Trinajstić information content (AvgIpc) is 2.80. The van der Waals surface area contributed by atoms with Gasteiger partial charge in [-0.2, -0.15) is 21.4 Å². The third-order valence-corrected chi connectivity index (χ3v) is 3.27. The fourth-order valence-corrected chi connectivity index (χ4v) is 2.34. The molecule has 0 aliphatic rings. The molecule has 0 bridgehead atoms. The van der Waals surface area contributed by atoms with E-state index in [1.807, 2.05) is 17.6 Å². The van der Waals surface area contributed by atoms with Crippen molar-refractivity contribution in [3.05, 3.63) is 17.1 Å². The number of aliphatic imine (C=N–C) groups is 1. The topological polar surface area (TPSA) is 73.1 Å². The van der Waals surface area contributed by atoms with Crippen molar-refractivity contribution in [2.45, 2.75) is 5.75 Å². The van der Waals surface area contributed by atoms with Crippen LogP contribution < -0.4 is 10.6 Å². The first-order chi connectivity index (χ1) is 7.86. The molecule has 0 aromatic carbocycles. The fraction of sp³-hybridized carbons (Fsp3) is 0.444. The number of hydrogen-bond donors (Lipinski definition) is 2. The quantitative estimate of drug-likeness (QED) is 0.270. The summed E-state index contributed by atoms with van der Waals surface area (Å²) in [6.45, 7) is 0.774. The molecule has 5 nitrogen and oxygen atoms in total. The first kappa shape index (κ1) is 12.8. The Morgan fingerprint density at radius 3 is 3.25 bits per heavy atom. The number of hydrogen-bond acceptors (Lipinski definition) is 5. The van der Waals surface area contributed by atoms with Crippen molar-refractivity contribution in [3.8, 4) is 6.19 Å². The van der Waals surface area contributed by atoms with Gasteiger partial charge in [-0.1, -0.05) is 0 Å². The van der Waals surface area contributed by atoms with E-state index in [4.69, 9.17) is 5.26 Å². The lowest BCUT2D eigenvalue weighted by molar-refractivity contribution is 0.931. The third-order valence-electron chi connectivity index (χ3n) is 1.68. The Balaban J connectivity index is 2.06. The maximum atomic E-state index is 8.40. The highest BCUT2D eigenvalue weighted by Gasteiger charge is 1.97. The molecule has 0 aliphatic carbocycles. The normalized spacial score (nSPS) is 10.9. The van der Waals surface area contributed by atoms with Gasteiger partial charge >= 0.3 is 0 Å². The zero-order valence-corrected chi connectivity index (χ0v) is 10.6. The minimum Gasteiger partial charge on any atom is -0.355 e. The molecular formula is C9H13N5S2. The van der Waals surface area contributed by atoms with Crippen LogP contribution in [0.5, 0.6) is 0 Å². The molecule has 0 aliphatic heterocycles. The maximum Gasteiger partial charge on any atom is 0.204 e. The smallest absolute Gasteiger partial charge is 0.204 e. The van der Waals surface area contributed by atoms with Crippen molar-refractivity contribution in [2.24, 2.45) is 4.99 Å². The van der Waals surface area contributed by atoms with Gasteiger partial charge in [-0.3, -0.25) is 10.3 Å². The molecule has 1 aromatic rings. The highest BCUT2D eigenvalue weighted by molar-refractivity contribution is 7.98. The predicted octanol–water partition coefficient (Wildman–Crippen LogP) is 1.02. The zero-order chi connectivity index (χ0) is 11.6. The van der Waals surface area contributed by atoms with E-state index in [-0.39, 0.29) is 0 Å². The molecule has 0 saturated carbocycles. The molecule has 0 amide bonds. The Bertz CT molecular complexity index is 354. The molecule has 1 aromatic heterocycles. The van der Waals surface area contributed by atoms with Crippen LogP contribution in [0.4, 0.5) is 0 Å². The summed E-state index contributed by atoms with van der Waals surface area (Å²) >= 11 is 3.27. The molecule has 0 atom stereocenters. The van der Waals surface area contributed by atoms with Crippen LogP contribution in [0.15, 0.2) is 16.4 Å². The van der Waals surface area contributed by atoms with E-state index in [1.54, 1.807) is 18.8 Å². The van der Waals surface area contributed by atoms with Crippen LogP contribution in [0.25, 0.3) is 0 Å². The molecule has 1 heterocycles. The lowest BCUT2D eigenvalue weighted by Gasteiger charge is -2.05. The molecule has 0 radical (unpaired) electrons. The summed E-state index contributed by atoms with van der Waals surface area (Å²) in [6, 6.07) is 2.03. The van der Waals surface area contributed by atoms with Crippen molar-refractivity contribution in [2.75, 3.05) is 19.3 Å². The van der Waals surface area contributed by atoms with Gasteiger partial charge in [0.25, 0.3) is 0 Å². The zero-order valence-electron chi connectivity index (χ0n) is 8.93. The molecule has 2 N–H and O–H groups in total. The van der Waals surface area contributed by atoms with E-state index in [9.17, 15) is 0 Å². The number of aromatic nitrogens is 1. The van der Waals surface area contributed by atoms with Gasteiger partial charge in [0.2, 0.25) is 5.96 Å². The maximum absolute atomic E-state index is 8.40. The summed E-state index contributed by atoms with van der Waals surface area (Å²) < 4.78 is 4.22. The molecule has 0 unspecified atom stereocenters. The van der Waals surface area contributed by atoms with Gasteiger partial charge < -0.3 is 5.32 Å². The van der Waals surface area contributed by atoms with Gasteiger partial charge in [-0.25, -0.2) is 0 Å². The van der Waals surface area contributed by atoms with Crippen molar-refractivity contribution in [1.82, 2.24) is 15.0 Å². The van der Waals surface area contributed by atoms with Crippen LogP contribution in [0.3, 0.4) is 0 Å². The van der Waals surface area contributed by atoms with Gasteiger partial charge in [-0.05, 0) is 17.6 Å². The number of thioether (sulfide) groups is 1. The first-order valence-electron chi connectivity index (χ1n) is 4.69. The van der Waals surface area contributed by atoms with E-state index in [0.717, 1.165) is 23.7 Å². The third kappa shape index (κ3) is 5.00. The Kier molecular flexibility index (Phi) is 6.37. The summed E-state index contributed by atoms with van der Waals surface area (Å²) in [5.41, 5.74) is 1.12. The summed E-state index contributed by atoms with van der Waals surface area (Å²) in [5.74, 6) is 2.39. The van der Waals surface area contributed by atoms with E-state index >= 15 is 0 Å². The highest BCUT2D eigenvalue weighted by Crippen LogP contribution is 2.10. The van der Waals surface area contributed by atoms with Crippen LogP contribution in [0, 0.1) is 11.5 Å². The van der Waals surface area contributed by atoms with Crippen molar-refractivity contribution < 1.29 is 0 Å². The van der Waals surface area contributed by atoms with Crippen LogP contribution in [-0.4, -0.2) is 29.7 Å². The van der Waals surface area contributed by atoms with Gasteiger partial charge in [0.1, 0.15) is 0 Å². The van der Waals surface area contributed by atoms with E-state index < -0.39 is 0 Å². The summed E-state index contributed by atoms with van der Waals surface area (Å²) in [6.07, 6.45) is 1.82. The van der Waals surface area contributed by atoms with Crippen LogP contribution in [0.2, 0.25) is 0 Å². The summed E-state index contributed by atoms with van der Waals surface area (Å²) in [7, 11) is 1.63. The Morgan fingerprint density at radius 2 is 2.62 bits per heavy atom. The second kappa shape index (κ2) is 7.96. The highest BCUT2D eigenvalue weighted by atomic mass is 32.2. The largest absolute Gasteiger partial charge is 0.355 e. The Morgan fingerprint density at radius 1 is 1.75 bits per heavy atom. The van der Waals surface area contributed by atoms with Crippen LogP contribution in [0.1, 0.15) is 5.69 Å². The number of guanidine groups is 1. The average molecular weight is 255 g/mol. The molecule has 7 heteroatoms. The second-order valence-corrected chi connectivity index (χ2v) is 4.55. The lowest BCUT2D eigenvalue weighted by atomic mass is 10.5. The second-order valence-electron chi connectivity index (χ2n) is 2.78. The number of nitrogens with one attached hydrogen (secondary N) is 2. The Labute approximate surface area is 103 Å². The first-order valence-corrected chi connectivity index (χ1v) is 6.68. The van der Waals surface area contributed by atoms with Gasteiger partial charge in [0.15, 0.2) is 6.19 Å². The molecule has 0 saturated heterocycles. The van der Waals surface area contributed by atoms with Crippen LogP contribution in [-0.2, 0) is 5.75 Å². The Hall–Kier alpha value is -1.26. The fourth-order valence-electron chi connectivity index (χ4n) is 0.962. The van der Waals surface area contributed by atoms with Crippen LogP contribution >= 0.6 is 23.3 Å². The molecule has 0 spiro atoms. The van der Waals surface area contributed by atoms with E-state index in [1.165, 1.54) is 11.5 Å². The molecule has 0 fully saturated rings. The van der Waals surface area contributed by atoms with Gasteiger partial charge in [0, 0.05) is 30.5 Å². The van der Waals surface area contributed by atoms with Crippen molar-refractivity contribution in [1.29, 1.82) is 5.26 Å². The minimum absolute atomic E-state index is 0.511. The van der Waals surface area contributed by atoms with Crippen molar-refractivity contribution >= 4 is 29.3 Å². The van der Waals surface area contributed by atoms with E-state index in [2.05, 4.69) is 20.0 Å². The SMILES string of the molecule is C/N=C(\NC#N)NCCSCc1ccsn1. The van der Waals surface area contributed by atoms with E-state index in [0.29, 0.717) is 5.96 Å². The lowest BCUT2D eigenvalue weighted by Crippen LogP contribution is -2.35. The predicted molar refractivity (Wildman–Crippen MR) is 68.4 cm³/mol. The summed E-state index contributed by atoms with van der Waals surface area (Å²) in [5, 5.41) is 15.9. The number of nitriles is 1. The molecule has 16 heavy (non-hydrogen) atoms. The minimum atomic E-state index is 0.511. The molecular weight excluding hydrogens is 242 g/mol.